The maximum atomic E-state index is 10.8. The predicted octanol–water partition coefficient (Wildman–Crippen LogP) is -0.686. The number of hydrogen-bond acceptors (Lipinski definition) is 3. The fourth-order valence-electron chi connectivity index (χ4n) is 0.874. The summed E-state index contributed by atoms with van der Waals surface area (Å²) in [4.78, 5) is 10.8. The summed E-state index contributed by atoms with van der Waals surface area (Å²) in [6, 6.07) is -0.398. The zero-order valence-electron chi connectivity index (χ0n) is 6.72. The van der Waals surface area contributed by atoms with E-state index in [1.807, 2.05) is 6.82 Å². The van der Waals surface area contributed by atoms with Crippen LogP contribution in [-0.4, -0.2) is 30.5 Å². The van der Waals surface area contributed by atoms with Gasteiger partial charge in [0, 0.05) is 0 Å². The van der Waals surface area contributed by atoms with Gasteiger partial charge in [-0.15, -0.1) is 0 Å². The Kier molecular flexibility index (Phi) is 4.31. The normalized spacial score (nSPS) is 16.0. The summed E-state index contributed by atoms with van der Waals surface area (Å²) < 4.78 is 0. The Bertz CT molecular complexity index is 116. The quantitative estimate of drug-likeness (QED) is 0.512. The van der Waals surface area contributed by atoms with Crippen molar-refractivity contribution in [1.29, 1.82) is 0 Å². The van der Waals surface area contributed by atoms with Crippen LogP contribution in [0.15, 0.2) is 0 Å². The second-order valence-electron chi connectivity index (χ2n) is 2.39. The average molecular weight is 143 g/mol. The van der Waals surface area contributed by atoms with E-state index < -0.39 is 12.1 Å². The van der Waals surface area contributed by atoms with Gasteiger partial charge in [-0.05, 0) is 13.8 Å². The minimum atomic E-state index is -0.600. The van der Waals surface area contributed by atoms with E-state index in [4.69, 9.17) is 5.11 Å². The highest BCUT2D eigenvalue weighted by atomic mass is 16.3. The number of ketones is 1. The van der Waals surface area contributed by atoms with Crippen LogP contribution >= 0.6 is 0 Å². The topological polar surface area (TPSA) is 49.3 Å². The Labute approximate surface area is 62.1 Å². The number of hydrogen-bond donors (Lipinski definition) is 2. The largest absolute Gasteiger partial charge is 0.391 e. The summed E-state index contributed by atoms with van der Waals surface area (Å²) in [6.07, 6.45) is -0.600. The van der Waals surface area contributed by atoms with Crippen LogP contribution in [0.1, 0.15) is 13.8 Å². The van der Waals surface area contributed by atoms with Crippen molar-refractivity contribution in [3.8, 4) is 0 Å². The van der Waals surface area contributed by atoms with E-state index >= 15 is 0 Å². The van der Waals surface area contributed by atoms with Gasteiger partial charge in [-0.1, -0.05) is 6.82 Å². The molecule has 0 aliphatic carbocycles. The van der Waals surface area contributed by atoms with Crippen LogP contribution in [0.5, 0.6) is 0 Å². The summed E-state index contributed by atoms with van der Waals surface area (Å²) in [5, 5.41) is 11.9. The van der Waals surface area contributed by atoms with E-state index in [0.717, 1.165) is 0 Å². The Hall–Kier alpha value is -0.345. The summed E-state index contributed by atoms with van der Waals surface area (Å²) >= 11 is 0. The second kappa shape index (κ2) is 4.47. The number of nitrogens with one attached hydrogen (secondary N) is 1. The highest BCUT2D eigenvalue weighted by Gasteiger charge is 2.17. The van der Waals surface area contributed by atoms with Crippen molar-refractivity contribution in [3.05, 3.63) is 0 Å². The molecule has 2 unspecified atom stereocenters. The minimum Gasteiger partial charge on any atom is -0.391 e. The number of carbonyl (C=O) groups excluding carboxylic acids is 1. The first-order valence-corrected chi connectivity index (χ1v) is 3.51. The average Bonchev–Trinajstić information content (AvgIpc) is 1.81. The number of aliphatic hydroxyl groups is 1. The molecular weight excluding hydrogens is 129 g/mol. The summed E-state index contributed by atoms with van der Waals surface area (Å²) in [7, 11) is 0.704. The van der Waals surface area contributed by atoms with Crippen LogP contribution in [0.25, 0.3) is 0 Å². The molecule has 0 saturated carbocycles. The van der Waals surface area contributed by atoms with Crippen molar-refractivity contribution >= 4 is 13.2 Å². The van der Waals surface area contributed by atoms with Crippen molar-refractivity contribution < 1.29 is 9.90 Å². The zero-order chi connectivity index (χ0) is 8.15. The molecule has 0 aliphatic rings. The molecule has 0 fully saturated rings. The summed E-state index contributed by atoms with van der Waals surface area (Å²) in [5.74, 6) is -0.0168. The van der Waals surface area contributed by atoms with Crippen LogP contribution in [0, 0.1) is 0 Å². The monoisotopic (exact) mass is 143 g/mol. The van der Waals surface area contributed by atoms with E-state index in [2.05, 4.69) is 5.23 Å². The van der Waals surface area contributed by atoms with Crippen molar-refractivity contribution in [1.82, 2.24) is 5.23 Å². The SMILES string of the molecule is CBNC(C(C)=O)C(C)O. The van der Waals surface area contributed by atoms with Gasteiger partial charge < -0.3 is 10.3 Å². The molecule has 0 heterocycles. The maximum Gasteiger partial charge on any atom is 0.198 e. The summed E-state index contributed by atoms with van der Waals surface area (Å²) in [6.45, 7) is 4.98. The van der Waals surface area contributed by atoms with E-state index in [-0.39, 0.29) is 5.78 Å². The van der Waals surface area contributed by atoms with Crippen LogP contribution in [0.3, 0.4) is 0 Å². The molecule has 0 rings (SSSR count). The lowest BCUT2D eigenvalue weighted by Crippen LogP contribution is -2.44. The van der Waals surface area contributed by atoms with Crippen LogP contribution < -0.4 is 5.23 Å². The van der Waals surface area contributed by atoms with E-state index in [1.54, 1.807) is 6.92 Å². The third-order valence-corrected chi connectivity index (χ3v) is 1.34. The van der Waals surface area contributed by atoms with Gasteiger partial charge in [-0.25, -0.2) is 0 Å². The first-order valence-electron chi connectivity index (χ1n) is 3.51. The van der Waals surface area contributed by atoms with Crippen LogP contribution in [0.2, 0.25) is 6.82 Å². The Morgan fingerprint density at radius 2 is 2.20 bits per heavy atom. The number of aliphatic hydroxyl groups excluding tert-OH is 1. The van der Waals surface area contributed by atoms with Gasteiger partial charge in [-0.3, -0.25) is 4.79 Å². The molecule has 0 saturated heterocycles. The van der Waals surface area contributed by atoms with Gasteiger partial charge in [0.15, 0.2) is 7.41 Å². The first kappa shape index (κ1) is 9.65. The fraction of sp³-hybridized carbons (Fsp3) is 0.833. The third kappa shape index (κ3) is 2.99. The lowest BCUT2D eigenvalue weighted by molar-refractivity contribution is -0.120. The fourth-order valence-corrected chi connectivity index (χ4v) is 0.874. The van der Waals surface area contributed by atoms with Crippen molar-refractivity contribution in [2.24, 2.45) is 0 Å². The zero-order valence-corrected chi connectivity index (χ0v) is 6.72. The molecule has 0 bridgehead atoms. The van der Waals surface area contributed by atoms with Crippen molar-refractivity contribution in [2.45, 2.75) is 32.8 Å². The van der Waals surface area contributed by atoms with E-state index in [9.17, 15) is 4.79 Å². The van der Waals surface area contributed by atoms with E-state index in [1.165, 1.54) is 6.92 Å². The Balaban J connectivity index is 3.85. The van der Waals surface area contributed by atoms with Gasteiger partial charge in [0.05, 0.1) is 12.1 Å². The molecule has 2 atom stereocenters. The lowest BCUT2D eigenvalue weighted by Gasteiger charge is -2.16. The summed E-state index contributed by atoms with van der Waals surface area (Å²) in [5.41, 5.74) is 0. The lowest BCUT2D eigenvalue weighted by atomic mass is 9.95. The molecule has 0 spiro atoms. The number of carbonyl (C=O) groups is 1. The molecule has 3 nitrogen and oxygen atoms in total. The van der Waals surface area contributed by atoms with Crippen LogP contribution in [-0.2, 0) is 4.79 Å². The van der Waals surface area contributed by atoms with Gasteiger partial charge in [0.2, 0.25) is 0 Å². The molecule has 58 valence electrons. The molecule has 10 heavy (non-hydrogen) atoms. The number of rotatable bonds is 4. The van der Waals surface area contributed by atoms with E-state index in [0.29, 0.717) is 7.41 Å². The molecular formula is C6H14BNO2. The first-order chi connectivity index (χ1) is 4.59. The highest BCUT2D eigenvalue weighted by molar-refractivity contribution is 6.30. The smallest absolute Gasteiger partial charge is 0.198 e. The standard InChI is InChI=1S/C6H14BNO2/c1-4(9)6(5(2)10)8-7-3/h4,6-9H,1-3H3. The molecule has 0 radical (unpaired) electrons. The second-order valence-corrected chi connectivity index (χ2v) is 2.39. The Morgan fingerprint density at radius 1 is 1.70 bits per heavy atom. The maximum absolute atomic E-state index is 10.8. The predicted molar refractivity (Wildman–Crippen MR) is 42.3 cm³/mol. The molecule has 0 aliphatic heterocycles. The Morgan fingerprint density at radius 3 is 2.30 bits per heavy atom. The molecule has 0 amide bonds. The van der Waals surface area contributed by atoms with Crippen molar-refractivity contribution in [3.63, 3.8) is 0 Å². The van der Waals surface area contributed by atoms with Crippen molar-refractivity contribution in [2.75, 3.05) is 0 Å². The molecule has 0 aromatic heterocycles. The molecule has 0 aromatic carbocycles. The molecule has 4 heteroatoms. The highest BCUT2D eigenvalue weighted by Crippen LogP contribution is 1.92. The number of Topliss-reactive ketones (excluding diaryl/α,β-unsaturated/α-hetero) is 1. The van der Waals surface area contributed by atoms with Gasteiger partial charge in [0.25, 0.3) is 0 Å². The van der Waals surface area contributed by atoms with Gasteiger partial charge in [0.1, 0.15) is 5.78 Å². The third-order valence-electron chi connectivity index (χ3n) is 1.34. The molecule has 2 N–H and O–H groups in total. The van der Waals surface area contributed by atoms with Gasteiger partial charge in [-0.2, -0.15) is 0 Å². The molecule has 0 aromatic rings. The minimum absolute atomic E-state index is 0.0168. The van der Waals surface area contributed by atoms with Crippen LogP contribution in [0.4, 0.5) is 0 Å². The van der Waals surface area contributed by atoms with Gasteiger partial charge >= 0.3 is 0 Å².